The van der Waals surface area contributed by atoms with Gasteiger partial charge in [-0.25, -0.2) is 8.78 Å². The lowest BCUT2D eigenvalue weighted by Crippen LogP contribution is -2.16. The van der Waals surface area contributed by atoms with Gasteiger partial charge in [0.05, 0.1) is 18.4 Å². The van der Waals surface area contributed by atoms with Gasteiger partial charge in [0.25, 0.3) is 5.56 Å². The number of fused-ring (bicyclic) bond motifs is 1. The first kappa shape index (κ1) is 19.0. The number of ether oxygens (including phenoxy) is 1. The molecule has 27 heavy (non-hydrogen) atoms. The van der Waals surface area contributed by atoms with Crippen molar-refractivity contribution in [2.45, 2.75) is 13.5 Å². The number of aryl methyl sites for hydroxylation is 1. The highest BCUT2D eigenvalue weighted by Crippen LogP contribution is 2.23. The van der Waals surface area contributed by atoms with E-state index in [1.54, 1.807) is 22.9 Å². The third kappa shape index (κ3) is 3.69. The molecule has 0 aliphatic carbocycles. The van der Waals surface area contributed by atoms with E-state index < -0.39 is 5.82 Å². The minimum Gasteiger partial charge on any atom is -0.486 e. The second-order valence-corrected chi connectivity index (χ2v) is 6.42. The number of hydrogen-bond acceptors (Lipinski definition) is 4. The predicted molar refractivity (Wildman–Crippen MR) is 102 cm³/mol. The molecule has 0 aliphatic rings. The van der Waals surface area contributed by atoms with Crippen molar-refractivity contribution in [1.29, 1.82) is 0 Å². The SMILES string of the molecule is Cc1c[nH]c2c(=O)[nH]c(=S)n(Cc3cccc(OC/C(=C/F)CN)c3F)c12. The lowest BCUT2D eigenvalue weighted by Gasteiger charge is -2.13. The molecule has 0 spiro atoms. The molecular weight excluding hydrogens is 374 g/mol. The van der Waals surface area contributed by atoms with Crippen LogP contribution in [0.4, 0.5) is 8.78 Å². The Hall–Kier alpha value is -2.78. The molecule has 0 saturated heterocycles. The summed E-state index contributed by atoms with van der Waals surface area (Å²) in [5.41, 5.74) is 7.37. The Morgan fingerprint density at radius 1 is 1.44 bits per heavy atom. The Kier molecular flexibility index (Phi) is 5.52. The number of benzene rings is 1. The van der Waals surface area contributed by atoms with Gasteiger partial charge in [-0.1, -0.05) is 12.1 Å². The summed E-state index contributed by atoms with van der Waals surface area (Å²) in [6.07, 6.45) is 2.05. The first-order valence-corrected chi connectivity index (χ1v) is 8.56. The van der Waals surface area contributed by atoms with Crippen LogP contribution in [0.15, 0.2) is 41.1 Å². The van der Waals surface area contributed by atoms with Crippen LogP contribution in [-0.4, -0.2) is 27.7 Å². The number of nitrogens with one attached hydrogen (secondary N) is 2. The van der Waals surface area contributed by atoms with Gasteiger partial charge < -0.3 is 20.0 Å². The zero-order chi connectivity index (χ0) is 19.6. The van der Waals surface area contributed by atoms with E-state index >= 15 is 0 Å². The molecule has 0 aliphatic heterocycles. The monoisotopic (exact) mass is 392 g/mol. The van der Waals surface area contributed by atoms with Gasteiger partial charge in [-0.3, -0.25) is 9.78 Å². The molecule has 2 aromatic heterocycles. The fourth-order valence-corrected chi connectivity index (χ4v) is 3.03. The van der Waals surface area contributed by atoms with Crippen LogP contribution in [-0.2, 0) is 6.54 Å². The van der Waals surface area contributed by atoms with Gasteiger partial charge in [-0.2, -0.15) is 0 Å². The summed E-state index contributed by atoms with van der Waals surface area (Å²) in [7, 11) is 0. The average Bonchev–Trinajstić information content (AvgIpc) is 3.04. The molecule has 0 unspecified atom stereocenters. The van der Waals surface area contributed by atoms with E-state index in [2.05, 4.69) is 9.97 Å². The quantitative estimate of drug-likeness (QED) is 0.563. The highest BCUT2D eigenvalue weighted by molar-refractivity contribution is 7.71. The average molecular weight is 392 g/mol. The fraction of sp³-hybridized carbons (Fsp3) is 0.222. The van der Waals surface area contributed by atoms with Crippen molar-refractivity contribution in [3.8, 4) is 5.75 Å². The summed E-state index contributed by atoms with van der Waals surface area (Å²) in [5, 5.41) is 0. The third-order valence-corrected chi connectivity index (χ3v) is 4.53. The highest BCUT2D eigenvalue weighted by Gasteiger charge is 2.14. The summed E-state index contributed by atoms with van der Waals surface area (Å²) < 4.78 is 34.6. The zero-order valence-corrected chi connectivity index (χ0v) is 15.3. The standard InChI is InChI=1S/C18H18F2N4O2S/c1-10-7-22-15-16(10)24(18(27)23-17(15)25)8-12-3-2-4-13(14(12)20)26-9-11(5-19)6-21/h2-5,7,22H,6,8-9,21H2,1H3,(H,23,25,27)/b11-5+. The number of aromatic nitrogens is 3. The Balaban J connectivity index is 1.99. The van der Waals surface area contributed by atoms with E-state index in [1.165, 1.54) is 6.07 Å². The van der Waals surface area contributed by atoms with Crippen LogP contribution in [0.2, 0.25) is 0 Å². The van der Waals surface area contributed by atoms with E-state index in [-0.39, 0.29) is 41.3 Å². The summed E-state index contributed by atoms with van der Waals surface area (Å²) in [5.74, 6) is -0.597. The molecule has 0 amide bonds. The van der Waals surface area contributed by atoms with Crippen molar-refractivity contribution < 1.29 is 13.5 Å². The van der Waals surface area contributed by atoms with Crippen molar-refractivity contribution in [3.63, 3.8) is 0 Å². The Morgan fingerprint density at radius 2 is 2.22 bits per heavy atom. The largest absolute Gasteiger partial charge is 0.486 e. The van der Waals surface area contributed by atoms with Gasteiger partial charge >= 0.3 is 0 Å². The Bertz CT molecular complexity index is 1130. The third-order valence-electron chi connectivity index (χ3n) is 4.21. The van der Waals surface area contributed by atoms with Gasteiger partial charge in [0.15, 0.2) is 16.3 Å². The van der Waals surface area contributed by atoms with Crippen LogP contribution in [0.5, 0.6) is 5.75 Å². The zero-order valence-electron chi connectivity index (χ0n) is 14.5. The maximum Gasteiger partial charge on any atom is 0.276 e. The van der Waals surface area contributed by atoms with E-state index in [0.717, 1.165) is 5.56 Å². The maximum absolute atomic E-state index is 14.9. The van der Waals surface area contributed by atoms with Crippen molar-refractivity contribution in [1.82, 2.24) is 14.5 Å². The summed E-state index contributed by atoms with van der Waals surface area (Å²) in [6.45, 7) is 1.76. The van der Waals surface area contributed by atoms with E-state index in [9.17, 15) is 13.6 Å². The summed E-state index contributed by atoms with van der Waals surface area (Å²) in [4.78, 5) is 17.5. The first-order chi connectivity index (χ1) is 13.0. The van der Waals surface area contributed by atoms with Crippen LogP contribution in [0.25, 0.3) is 11.0 Å². The molecule has 0 bridgehead atoms. The topological polar surface area (TPSA) is 88.8 Å². The molecule has 2 heterocycles. The van der Waals surface area contributed by atoms with Crippen LogP contribution in [0.3, 0.4) is 0 Å². The van der Waals surface area contributed by atoms with Crippen LogP contribution in [0.1, 0.15) is 11.1 Å². The predicted octanol–water partition coefficient (Wildman–Crippen LogP) is 3.07. The molecule has 4 N–H and O–H groups in total. The van der Waals surface area contributed by atoms with Gasteiger partial charge in [0, 0.05) is 23.9 Å². The van der Waals surface area contributed by atoms with Crippen molar-refractivity contribution in [3.05, 3.63) is 68.4 Å². The molecule has 3 aromatic rings. The molecular formula is C18H18F2N4O2S. The van der Waals surface area contributed by atoms with Gasteiger partial charge in [0.2, 0.25) is 0 Å². The van der Waals surface area contributed by atoms with E-state index in [0.29, 0.717) is 22.9 Å². The van der Waals surface area contributed by atoms with Crippen LogP contribution < -0.4 is 16.0 Å². The number of nitrogens with two attached hydrogens (primary N) is 1. The number of halogens is 2. The highest BCUT2D eigenvalue weighted by atomic mass is 32.1. The molecule has 0 radical (unpaired) electrons. The molecule has 0 fully saturated rings. The molecule has 6 nitrogen and oxygen atoms in total. The number of hydrogen-bond donors (Lipinski definition) is 3. The van der Waals surface area contributed by atoms with E-state index in [1.807, 2.05) is 6.92 Å². The molecule has 142 valence electrons. The van der Waals surface area contributed by atoms with Crippen LogP contribution >= 0.6 is 12.2 Å². The normalized spacial score (nSPS) is 11.9. The Morgan fingerprint density at radius 3 is 2.93 bits per heavy atom. The lowest BCUT2D eigenvalue weighted by atomic mass is 10.2. The summed E-state index contributed by atoms with van der Waals surface area (Å²) >= 11 is 5.26. The van der Waals surface area contributed by atoms with Gasteiger partial charge in [-0.05, 0) is 30.8 Å². The number of rotatable bonds is 6. The molecule has 0 saturated carbocycles. The first-order valence-electron chi connectivity index (χ1n) is 8.15. The second-order valence-electron chi connectivity index (χ2n) is 6.03. The molecule has 0 atom stereocenters. The Labute approximate surface area is 158 Å². The number of nitrogens with zero attached hydrogens (tertiary/aromatic N) is 1. The van der Waals surface area contributed by atoms with Crippen molar-refractivity contribution in [2.24, 2.45) is 5.73 Å². The molecule has 1 aromatic carbocycles. The van der Waals surface area contributed by atoms with Gasteiger partial charge in [-0.15, -0.1) is 0 Å². The molecule has 9 heteroatoms. The van der Waals surface area contributed by atoms with Crippen molar-refractivity contribution in [2.75, 3.05) is 13.2 Å². The van der Waals surface area contributed by atoms with E-state index in [4.69, 9.17) is 22.7 Å². The number of aromatic amines is 2. The minimum absolute atomic E-state index is 0.0155. The molecule has 3 rings (SSSR count). The second kappa shape index (κ2) is 7.85. The smallest absolute Gasteiger partial charge is 0.276 e. The number of H-pyrrole nitrogens is 2. The minimum atomic E-state index is -0.581. The van der Waals surface area contributed by atoms with Crippen LogP contribution in [0, 0.1) is 17.5 Å². The fourth-order valence-electron chi connectivity index (χ4n) is 2.78. The van der Waals surface area contributed by atoms with Gasteiger partial charge in [0.1, 0.15) is 12.1 Å². The summed E-state index contributed by atoms with van der Waals surface area (Å²) in [6, 6.07) is 4.68. The van der Waals surface area contributed by atoms with Crippen molar-refractivity contribution >= 4 is 23.3 Å². The lowest BCUT2D eigenvalue weighted by molar-refractivity contribution is 0.327. The maximum atomic E-state index is 14.9.